The minimum atomic E-state index is 0.0204. The first-order valence-electron chi connectivity index (χ1n) is 14.3. The van der Waals surface area contributed by atoms with Crippen LogP contribution >= 0.6 is 0 Å². The van der Waals surface area contributed by atoms with Crippen LogP contribution in [0, 0.1) is 0 Å². The lowest BCUT2D eigenvalue weighted by Gasteiger charge is -2.32. The lowest BCUT2D eigenvalue weighted by atomic mass is 9.34. The summed E-state index contributed by atoms with van der Waals surface area (Å²) in [5.41, 5.74) is 16.5. The minimum Gasteiger partial charge on any atom is -0.458 e. The predicted octanol–water partition coefficient (Wildman–Crippen LogP) is -3.18. The van der Waals surface area contributed by atoms with Crippen LogP contribution in [0.2, 0.25) is 0 Å². The van der Waals surface area contributed by atoms with Gasteiger partial charge in [0.05, 0.1) is 16.9 Å². The van der Waals surface area contributed by atoms with Gasteiger partial charge in [0.2, 0.25) is 0 Å². The van der Waals surface area contributed by atoms with Crippen LogP contribution in [-0.2, 0) is 0 Å². The third kappa shape index (κ3) is 2.85. The second-order valence-corrected chi connectivity index (χ2v) is 11.7. The molecule has 186 valence electrons. The Morgan fingerprint density at radius 1 is 0.634 bits per heavy atom. The third-order valence-corrected chi connectivity index (χ3v) is 9.88. The van der Waals surface area contributed by atoms with E-state index in [1.807, 2.05) is 12.1 Å². The smallest absolute Gasteiger partial charge is 0.256 e. The molecule has 0 saturated heterocycles. The van der Waals surface area contributed by atoms with Gasteiger partial charge in [0.25, 0.3) is 6.71 Å². The number of ether oxygens (including phenoxy) is 1. The van der Waals surface area contributed by atoms with E-state index < -0.39 is 0 Å². The van der Waals surface area contributed by atoms with Gasteiger partial charge in [0.1, 0.15) is 61.9 Å². The number of hydrogen-bond acceptors (Lipinski definition) is 3. The summed E-state index contributed by atoms with van der Waals surface area (Å²) in [5, 5.41) is 8.75. The highest BCUT2D eigenvalue weighted by molar-refractivity contribution is 6.99. The second kappa shape index (κ2) is 7.85. The zero-order valence-corrected chi connectivity index (χ0v) is 23.7. The number of benzene rings is 5. The van der Waals surface area contributed by atoms with E-state index in [0.29, 0.717) is 0 Å². The van der Waals surface area contributed by atoms with E-state index in [0.717, 1.165) is 55.7 Å². The van der Waals surface area contributed by atoms with Crippen LogP contribution in [0.1, 0.15) is 0 Å². The molecule has 2 aliphatic rings. The Balaban J connectivity index is 1.38. The standard InChI is InChI=1S/C31H22B6N2O2/c32-24-23(25(33)27(35)28(36)26(24)34)30-14-6-3-7-16-31(14)39(38-30)18-8-4-10-20-29(18)37(16)17-12-21-15(11-22(17)41-20)13-5-1-2-9-19(13)40-21/h1-12H,32-36H2. The largest absolute Gasteiger partial charge is 0.458 e. The molecule has 0 saturated carbocycles. The van der Waals surface area contributed by atoms with Crippen LogP contribution < -0.4 is 48.4 Å². The summed E-state index contributed by atoms with van der Waals surface area (Å²) in [7, 11) is 11.2. The van der Waals surface area contributed by atoms with E-state index in [9.17, 15) is 0 Å². The Hall–Kier alpha value is -4.44. The summed E-state index contributed by atoms with van der Waals surface area (Å²) >= 11 is 0. The molecule has 0 amide bonds. The molecule has 2 aromatic heterocycles. The van der Waals surface area contributed by atoms with Crippen LogP contribution in [0.3, 0.4) is 0 Å². The lowest BCUT2D eigenvalue weighted by Crippen LogP contribution is -2.58. The molecule has 0 radical (unpaired) electrons. The first kappa shape index (κ1) is 23.3. The van der Waals surface area contributed by atoms with Crippen molar-refractivity contribution in [3.8, 4) is 28.4 Å². The lowest BCUT2D eigenvalue weighted by molar-refractivity contribution is 0.487. The van der Waals surface area contributed by atoms with E-state index in [1.165, 1.54) is 49.2 Å². The van der Waals surface area contributed by atoms with E-state index in [4.69, 9.17) is 14.3 Å². The molecule has 4 nitrogen and oxygen atoms in total. The highest BCUT2D eigenvalue weighted by Gasteiger charge is 2.41. The average Bonchev–Trinajstić information content (AvgIpc) is 3.55. The molecule has 0 aliphatic carbocycles. The zero-order chi connectivity index (χ0) is 27.7. The highest BCUT2D eigenvalue weighted by Crippen LogP contribution is 2.37. The Morgan fingerprint density at radius 3 is 2.20 bits per heavy atom. The molecular formula is C31H22B6N2O2. The summed E-state index contributed by atoms with van der Waals surface area (Å²) in [4.78, 5) is 0. The number of para-hydroxylation sites is 2. The fourth-order valence-electron chi connectivity index (χ4n) is 7.41. The Kier molecular flexibility index (Phi) is 4.46. The minimum absolute atomic E-state index is 0.0204. The molecule has 0 bridgehead atoms. The maximum atomic E-state index is 6.65. The molecule has 41 heavy (non-hydrogen) atoms. The van der Waals surface area contributed by atoms with Crippen LogP contribution in [0.15, 0.2) is 77.2 Å². The molecule has 0 unspecified atom stereocenters. The van der Waals surface area contributed by atoms with Crippen molar-refractivity contribution >= 4 is 122 Å². The molecule has 10 heteroatoms. The van der Waals surface area contributed by atoms with Crippen molar-refractivity contribution in [3.05, 3.63) is 72.8 Å². The predicted molar refractivity (Wildman–Crippen MR) is 186 cm³/mol. The van der Waals surface area contributed by atoms with Gasteiger partial charge in [-0.3, -0.25) is 0 Å². The van der Waals surface area contributed by atoms with Gasteiger partial charge in [-0.25, -0.2) is 4.68 Å². The van der Waals surface area contributed by atoms with Gasteiger partial charge in [-0.1, -0.05) is 53.4 Å². The van der Waals surface area contributed by atoms with Crippen LogP contribution in [0.25, 0.3) is 49.8 Å². The first-order valence-corrected chi connectivity index (χ1v) is 14.3. The topological polar surface area (TPSA) is 40.2 Å². The second-order valence-electron chi connectivity index (χ2n) is 11.7. The fraction of sp³-hybridized carbons (Fsp3) is 0. The van der Waals surface area contributed by atoms with E-state index >= 15 is 0 Å². The molecule has 0 fully saturated rings. The van der Waals surface area contributed by atoms with Crippen molar-refractivity contribution in [2.45, 2.75) is 0 Å². The number of hydrogen-bond donors (Lipinski definition) is 0. The monoisotopic (exact) mass is 520 g/mol. The maximum Gasteiger partial charge on any atom is 0.256 e. The van der Waals surface area contributed by atoms with Gasteiger partial charge in [0.15, 0.2) is 0 Å². The van der Waals surface area contributed by atoms with Crippen LogP contribution in [-0.4, -0.2) is 55.7 Å². The van der Waals surface area contributed by atoms with Crippen LogP contribution in [0.5, 0.6) is 11.5 Å². The van der Waals surface area contributed by atoms with Gasteiger partial charge in [0, 0.05) is 16.2 Å². The van der Waals surface area contributed by atoms with Gasteiger partial charge in [-0.15, -0.1) is 16.4 Å². The normalized spacial score (nSPS) is 13.0. The summed E-state index contributed by atoms with van der Waals surface area (Å²) < 4.78 is 15.1. The van der Waals surface area contributed by atoms with E-state index in [-0.39, 0.29) is 6.71 Å². The fourth-order valence-corrected chi connectivity index (χ4v) is 7.41. The summed E-state index contributed by atoms with van der Waals surface area (Å²) in [6.07, 6.45) is 0. The molecule has 7 aromatic rings. The first-order chi connectivity index (χ1) is 19.9. The number of aromatic nitrogens is 2. The van der Waals surface area contributed by atoms with Crippen LogP contribution in [0.4, 0.5) is 0 Å². The van der Waals surface area contributed by atoms with Gasteiger partial charge in [-0.05, 0) is 52.3 Å². The average molecular weight is 519 g/mol. The SMILES string of the molecule is Bc1c(B)c(B)c(-c2nn3c4c(cccc24)B2c4cc5oc6ccccc6c5cc4Oc4cccc-3c42)c(B)c1B. The Labute approximate surface area is 242 Å². The molecule has 5 aromatic carbocycles. The van der Waals surface area contributed by atoms with Crippen molar-refractivity contribution in [2.75, 3.05) is 0 Å². The van der Waals surface area contributed by atoms with Crippen molar-refractivity contribution in [1.82, 2.24) is 9.78 Å². The number of furan rings is 1. The molecule has 9 rings (SSSR count). The third-order valence-electron chi connectivity index (χ3n) is 9.88. The number of fused-ring (bicyclic) bond motifs is 7. The number of rotatable bonds is 1. The molecule has 0 spiro atoms. The van der Waals surface area contributed by atoms with Gasteiger partial charge < -0.3 is 9.15 Å². The quantitative estimate of drug-likeness (QED) is 0.215. The molecule has 0 atom stereocenters. The van der Waals surface area contributed by atoms with Gasteiger partial charge >= 0.3 is 0 Å². The summed E-state index contributed by atoms with van der Waals surface area (Å²) in [5.74, 6) is 1.78. The van der Waals surface area contributed by atoms with E-state index in [2.05, 4.69) is 105 Å². The van der Waals surface area contributed by atoms with Crippen molar-refractivity contribution < 1.29 is 9.15 Å². The van der Waals surface area contributed by atoms with Gasteiger partial charge in [-0.2, -0.15) is 5.10 Å². The Morgan fingerprint density at radius 2 is 1.37 bits per heavy atom. The van der Waals surface area contributed by atoms with Crippen molar-refractivity contribution in [2.24, 2.45) is 0 Å². The zero-order valence-electron chi connectivity index (χ0n) is 23.7. The molecule has 2 aliphatic heterocycles. The summed E-state index contributed by atoms with van der Waals surface area (Å²) in [6.45, 7) is 0.0204. The maximum absolute atomic E-state index is 6.65. The summed E-state index contributed by atoms with van der Waals surface area (Å²) in [6, 6.07) is 25.6. The van der Waals surface area contributed by atoms with Crippen molar-refractivity contribution in [1.29, 1.82) is 0 Å². The Bertz CT molecular complexity index is 2290. The van der Waals surface area contributed by atoms with Crippen molar-refractivity contribution in [3.63, 3.8) is 0 Å². The number of nitrogens with zero attached hydrogens (tertiary/aromatic N) is 2. The molecule has 0 N–H and O–H groups in total. The molecule has 4 heterocycles. The van der Waals surface area contributed by atoms with E-state index in [1.54, 1.807) is 0 Å². The highest BCUT2D eigenvalue weighted by atomic mass is 16.5. The molecular weight excluding hydrogens is 497 g/mol.